The molecule has 0 bridgehead atoms. The van der Waals surface area contributed by atoms with Crippen molar-refractivity contribution in [3.8, 4) is 0 Å². The number of aliphatic carboxylic acids is 1. The van der Waals surface area contributed by atoms with Crippen LogP contribution in [0.25, 0.3) is 0 Å². The third-order valence-corrected chi connectivity index (χ3v) is 3.91. The average Bonchev–Trinajstić information content (AvgIpc) is 2.29. The van der Waals surface area contributed by atoms with Gasteiger partial charge in [0.25, 0.3) is 0 Å². The molecule has 1 amide bonds. The van der Waals surface area contributed by atoms with E-state index in [1.165, 1.54) is 6.42 Å². The van der Waals surface area contributed by atoms with E-state index in [0.29, 0.717) is 6.54 Å². The molecule has 1 saturated heterocycles. The molecule has 0 aromatic rings. The molecular weight excluding hydrogens is 220 g/mol. The molecule has 2 rings (SSSR count). The fraction of sp³-hybridized carbons (Fsp3) is 0.833. The minimum atomic E-state index is -0.833. The molecule has 1 saturated carbocycles. The Morgan fingerprint density at radius 3 is 2.53 bits per heavy atom. The van der Waals surface area contributed by atoms with Gasteiger partial charge in [-0.25, -0.2) is 0 Å². The lowest BCUT2D eigenvalue weighted by Gasteiger charge is -2.42. The van der Waals surface area contributed by atoms with Crippen molar-refractivity contribution in [2.75, 3.05) is 20.1 Å². The molecule has 1 aliphatic heterocycles. The first-order chi connectivity index (χ1) is 8.09. The maximum atomic E-state index is 12.0. The van der Waals surface area contributed by atoms with Crippen LogP contribution in [0, 0.1) is 0 Å². The topological polar surface area (TPSA) is 60.9 Å². The maximum absolute atomic E-state index is 12.0. The van der Waals surface area contributed by atoms with Crippen LogP contribution >= 0.6 is 0 Å². The van der Waals surface area contributed by atoms with Crippen LogP contribution in [0.2, 0.25) is 0 Å². The molecule has 1 unspecified atom stereocenters. The van der Waals surface area contributed by atoms with Crippen LogP contribution in [-0.2, 0) is 9.59 Å². The van der Waals surface area contributed by atoms with E-state index in [9.17, 15) is 9.59 Å². The summed E-state index contributed by atoms with van der Waals surface area (Å²) >= 11 is 0. The summed E-state index contributed by atoms with van der Waals surface area (Å²) in [5.41, 5.74) is 0. The minimum Gasteiger partial charge on any atom is -0.480 e. The summed E-state index contributed by atoms with van der Waals surface area (Å²) in [4.78, 5) is 26.5. The van der Waals surface area contributed by atoms with Crippen LogP contribution in [0.5, 0.6) is 0 Å². The van der Waals surface area contributed by atoms with E-state index in [2.05, 4.69) is 0 Å². The number of hydrogen-bond donors (Lipinski definition) is 1. The summed E-state index contributed by atoms with van der Waals surface area (Å²) in [7, 11) is 1.70. The maximum Gasteiger partial charge on any atom is 0.322 e. The number of carbonyl (C=O) groups excluding carboxylic acids is 1. The zero-order chi connectivity index (χ0) is 12.4. The molecule has 1 heterocycles. The van der Waals surface area contributed by atoms with Gasteiger partial charge >= 0.3 is 5.97 Å². The molecule has 5 nitrogen and oxygen atoms in total. The van der Waals surface area contributed by atoms with Crippen molar-refractivity contribution in [1.29, 1.82) is 0 Å². The van der Waals surface area contributed by atoms with Crippen molar-refractivity contribution in [1.82, 2.24) is 9.80 Å². The Hall–Kier alpha value is -1.10. The molecule has 1 atom stereocenters. The zero-order valence-electron chi connectivity index (χ0n) is 10.3. The first-order valence-corrected chi connectivity index (χ1v) is 6.32. The Kier molecular flexibility index (Phi) is 3.66. The second-order valence-corrected chi connectivity index (χ2v) is 5.11. The van der Waals surface area contributed by atoms with Crippen LogP contribution in [0.4, 0.5) is 0 Å². The zero-order valence-corrected chi connectivity index (χ0v) is 10.3. The van der Waals surface area contributed by atoms with Gasteiger partial charge in [0.2, 0.25) is 5.91 Å². The molecule has 96 valence electrons. The Labute approximate surface area is 101 Å². The lowest BCUT2D eigenvalue weighted by molar-refractivity contribution is -0.152. The smallest absolute Gasteiger partial charge is 0.322 e. The summed E-state index contributed by atoms with van der Waals surface area (Å²) in [6.07, 6.45) is 5.61. The second kappa shape index (κ2) is 5.04. The summed E-state index contributed by atoms with van der Waals surface area (Å²) in [5.74, 6) is -0.752. The predicted octanol–water partition coefficient (Wildman–Crippen LogP) is 0.546. The second-order valence-electron chi connectivity index (χ2n) is 5.11. The molecular formula is C12H20N2O3. The number of carboxylic acid groups (broad SMARTS) is 1. The Bertz CT molecular complexity index is 313. The van der Waals surface area contributed by atoms with E-state index in [1.807, 2.05) is 0 Å². The Balaban J connectivity index is 2.05. The van der Waals surface area contributed by atoms with Gasteiger partial charge in [-0.15, -0.1) is 0 Å². The Morgan fingerprint density at radius 1 is 1.29 bits per heavy atom. The van der Waals surface area contributed by atoms with Gasteiger partial charge in [-0.3, -0.25) is 14.5 Å². The SMILES string of the molecule is CN1CC(=O)N(C2CCCCC2)CC1C(=O)O. The highest BCUT2D eigenvalue weighted by Crippen LogP contribution is 2.25. The van der Waals surface area contributed by atoms with E-state index >= 15 is 0 Å². The van der Waals surface area contributed by atoms with Crippen molar-refractivity contribution < 1.29 is 14.7 Å². The van der Waals surface area contributed by atoms with Gasteiger partial charge < -0.3 is 10.0 Å². The number of likely N-dealkylation sites (N-methyl/N-ethyl adjacent to an activating group) is 1. The number of piperazine rings is 1. The van der Waals surface area contributed by atoms with Crippen molar-refractivity contribution in [3.63, 3.8) is 0 Å². The lowest BCUT2D eigenvalue weighted by atomic mass is 9.93. The molecule has 17 heavy (non-hydrogen) atoms. The highest BCUT2D eigenvalue weighted by atomic mass is 16.4. The summed E-state index contributed by atoms with van der Waals surface area (Å²) in [6, 6.07) is -0.276. The quantitative estimate of drug-likeness (QED) is 0.765. The van der Waals surface area contributed by atoms with Crippen molar-refractivity contribution in [3.05, 3.63) is 0 Å². The number of nitrogens with zero attached hydrogens (tertiary/aromatic N) is 2. The molecule has 2 fully saturated rings. The van der Waals surface area contributed by atoms with Crippen LogP contribution < -0.4 is 0 Å². The Morgan fingerprint density at radius 2 is 1.94 bits per heavy atom. The van der Waals surface area contributed by atoms with Crippen LogP contribution in [0.3, 0.4) is 0 Å². The molecule has 0 spiro atoms. The fourth-order valence-corrected chi connectivity index (χ4v) is 2.85. The highest BCUT2D eigenvalue weighted by molar-refractivity contribution is 5.83. The average molecular weight is 240 g/mol. The first-order valence-electron chi connectivity index (χ1n) is 6.32. The summed E-state index contributed by atoms with van der Waals surface area (Å²) in [5, 5.41) is 9.13. The van der Waals surface area contributed by atoms with Crippen molar-refractivity contribution in [2.24, 2.45) is 0 Å². The van der Waals surface area contributed by atoms with Gasteiger partial charge in [0.1, 0.15) is 6.04 Å². The molecule has 1 N–H and O–H groups in total. The number of carboxylic acids is 1. The van der Waals surface area contributed by atoms with E-state index in [1.54, 1.807) is 16.8 Å². The summed E-state index contributed by atoms with van der Waals surface area (Å²) in [6.45, 7) is 0.572. The van der Waals surface area contributed by atoms with Crippen molar-refractivity contribution in [2.45, 2.75) is 44.2 Å². The number of amides is 1. The van der Waals surface area contributed by atoms with Gasteiger partial charge in [-0.05, 0) is 19.9 Å². The van der Waals surface area contributed by atoms with Crippen LogP contribution in [0.1, 0.15) is 32.1 Å². The van der Waals surface area contributed by atoms with E-state index in [4.69, 9.17) is 5.11 Å². The monoisotopic (exact) mass is 240 g/mol. The molecule has 2 aliphatic rings. The van der Waals surface area contributed by atoms with Gasteiger partial charge in [-0.2, -0.15) is 0 Å². The largest absolute Gasteiger partial charge is 0.480 e. The first kappa shape index (κ1) is 12.4. The van der Waals surface area contributed by atoms with E-state index in [-0.39, 0.29) is 18.5 Å². The predicted molar refractivity (Wildman–Crippen MR) is 62.6 cm³/mol. The van der Waals surface area contributed by atoms with E-state index < -0.39 is 12.0 Å². The number of rotatable bonds is 2. The molecule has 0 radical (unpaired) electrons. The third-order valence-electron chi connectivity index (χ3n) is 3.91. The summed E-state index contributed by atoms with van der Waals surface area (Å²) < 4.78 is 0. The lowest BCUT2D eigenvalue weighted by Crippen LogP contribution is -2.60. The molecule has 5 heteroatoms. The minimum absolute atomic E-state index is 0.0805. The van der Waals surface area contributed by atoms with Gasteiger partial charge in [-0.1, -0.05) is 19.3 Å². The number of carbonyl (C=O) groups is 2. The van der Waals surface area contributed by atoms with Gasteiger partial charge in [0, 0.05) is 12.6 Å². The van der Waals surface area contributed by atoms with Gasteiger partial charge in [0.15, 0.2) is 0 Å². The third kappa shape index (κ3) is 2.60. The fourth-order valence-electron chi connectivity index (χ4n) is 2.85. The standard InChI is InChI=1S/C12H20N2O3/c1-13-8-11(15)14(7-10(13)12(16)17)9-5-3-2-4-6-9/h9-10H,2-8H2,1H3,(H,16,17). The van der Waals surface area contributed by atoms with E-state index in [0.717, 1.165) is 25.7 Å². The van der Waals surface area contributed by atoms with Gasteiger partial charge in [0.05, 0.1) is 6.54 Å². The highest BCUT2D eigenvalue weighted by Gasteiger charge is 2.37. The molecule has 0 aromatic heterocycles. The van der Waals surface area contributed by atoms with Crippen LogP contribution in [0.15, 0.2) is 0 Å². The van der Waals surface area contributed by atoms with Crippen LogP contribution in [-0.4, -0.2) is 59.0 Å². The molecule has 0 aromatic carbocycles. The van der Waals surface area contributed by atoms with Crippen molar-refractivity contribution >= 4 is 11.9 Å². The number of hydrogen-bond acceptors (Lipinski definition) is 3. The normalized spacial score (nSPS) is 28.4. The molecule has 1 aliphatic carbocycles.